The van der Waals surface area contributed by atoms with Crippen LogP contribution in [0.3, 0.4) is 0 Å². The van der Waals surface area contributed by atoms with E-state index in [1.807, 2.05) is 40.7 Å². The van der Waals surface area contributed by atoms with E-state index < -0.39 is 0 Å². The normalized spacial score (nSPS) is 8.13. The number of benzene rings is 1. The molecule has 0 spiro atoms. The average Bonchev–Trinajstić information content (AvgIpc) is 2.32. The van der Waals surface area contributed by atoms with Crippen molar-refractivity contribution in [3.05, 3.63) is 35.6 Å². The van der Waals surface area contributed by atoms with Gasteiger partial charge in [-0.25, -0.2) is 4.39 Å². The minimum atomic E-state index is -0.206. The summed E-state index contributed by atoms with van der Waals surface area (Å²) in [5.74, 6) is -0.206. The van der Waals surface area contributed by atoms with Crippen molar-refractivity contribution in [1.82, 2.24) is 0 Å². The zero-order valence-corrected chi connectivity index (χ0v) is 10.5. The van der Waals surface area contributed by atoms with Crippen LogP contribution in [0.2, 0.25) is 0 Å². The third kappa shape index (κ3) is 9.42. The highest BCUT2D eigenvalue weighted by Gasteiger charge is 1.93. The fraction of sp³-hybridized carbons (Fsp3) is 0.538. The molecule has 1 nitrogen and oxygen atoms in total. The van der Waals surface area contributed by atoms with Crippen molar-refractivity contribution in [2.24, 2.45) is 0 Å². The van der Waals surface area contributed by atoms with Crippen LogP contribution in [-0.2, 0) is 11.3 Å². The van der Waals surface area contributed by atoms with Gasteiger partial charge in [-0.2, -0.15) is 0 Å². The number of ether oxygens (including phenoxy) is 1. The van der Waals surface area contributed by atoms with Gasteiger partial charge >= 0.3 is 0 Å². The molecule has 0 unspecified atom stereocenters. The first-order chi connectivity index (χ1) is 7.33. The van der Waals surface area contributed by atoms with Crippen LogP contribution in [0.25, 0.3) is 0 Å². The van der Waals surface area contributed by atoms with Crippen LogP contribution < -0.4 is 0 Å². The highest BCUT2D eigenvalue weighted by Crippen LogP contribution is 2.04. The fourth-order valence-corrected chi connectivity index (χ4v) is 0.847. The Hall–Kier alpha value is -0.890. The van der Waals surface area contributed by atoms with Gasteiger partial charge in [-0.1, -0.05) is 39.8 Å². The Morgan fingerprint density at radius 1 is 1.13 bits per heavy atom. The Kier molecular flexibility index (Phi) is 14.5. The maximum absolute atomic E-state index is 12.5. The Balaban J connectivity index is 0. The lowest BCUT2D eigenvalue weighted by Crippen LogP contribution is -1.91. The van der Waals surface area contributed by atoms with Gasteiger partial charge in [0.1, 0.15) is 5.82 Å². The van der Waals surface area contributed by atoms with E-state index in [-0.39, 0.29) is 5.82 Å². The van der Waals surface area contributed by atoms with Crippen LogP contribution in [0.4, 0.5) is 4.39 Å². The summed E-state index contributed by atoms with van der Waals surface area (Å²) in [6.45, 7) is 11.1. The Morgan fingerprint density at radius 3 is 2.20 bits per heavy atom. The molecule has 0 aliphatic heterocycles. The quantitative estimate of drug-likeness (QED) is 0.724. The van der Waals surface area contributed by atoms with Gasteiger partial charge in [0.05, 0.1) is 6.61 Å². The molecule has 0 saturated heterocycles. The summed E-state index contributed by atoms with van der Waals surface area (Å²) in [5.41, 5.74) is 0.881. The zero-order valence-electron chi connectivity index (χ0n) is 10.5. The van der Waals surface area contributed by atoms with Gasteiger partial charge in [0.25, 0.3) is 0 Å². The first kappa shape index (κ1) is 16.5. The minimum absolute atomic E-state index is 0.206. The summed E-state index contributed by atoms with van der Waals surface area (Å²) in [5, 5.41) is 0. The van der Waals surface area contributed by atoms with Crippen LogP contribution in [0, 0.1) is 5.82 Å². The van der Waals surface area contributed by atoms with Crippen LogP contribution in [-0.4, -0.2) is 6.61 Å². The van der Waals surface area contributed by atoms with Crippen molar-refractivity contribution in [2.75, 3.05) is 6.61 Å². The molecule has 0 heterocycles. The predicted molar refractivity (Wildman–Crippen MR) is 64.4 cm³/mol. The number of hydrogen-bond acceptors (Lipinski definition) is 1. The molecule has 15 heavy (non-hydrogen) atoms. The third-order valence-corrected chi connectivity index (χ3v) is 1.36. The molecule has 0 N–H and O–H groups in total. The van der Waals surface area contributed by atoms with Gasteiger partial charge in [-0.3, -0.25) is 0 Å². The van der Waals surface area contributed by atoms with Crippen molar-refractivity contribution in [2.45, 2.75) is 41.2 Å². The molecule has 0 amide bonds. The van der Waals surface area contributed by atoms with E-state index in [9.17, 15) is 4.39 Å². The highest BCUT2D eigenvalue weighted by molar-refractivity contribution is 5.15. The maximum atomic E-state index is 12.5. The lowest BCUT2D eigenvalue weighted by atomic mass is 10.2. The molecular formula is C13H23FO. The van der Waals surface area contributed by atoms with E-state index in [1.165, 1.54) is 12.1 Å². The van der Waals surface area contributed by atoms with Crippen molar-refractivity contribution >= 4 is 0 Å². The predicted octanol–water partition coefficient (Wildman–Crippen LogP) is 4.41. The second-order valence-corrected chi connectivity index (χ2v) is 2.27. The molecule has 0 aliphatic carbocycles. The van der Waals surface area contributed by atoms with E-state index in [0.29, 0.717) is 13.2 Å². The van der Waals surface area contributed by atoms with Gasteiger partial charge < -0.3 is 4.74 Å². The molecule has 0 fully saturated rings. The third-order valence-electron chi connectivity index (χ3n) is 1.36. The van der Waals surface area contributed by atoms with E-state index in [0.717, 1.165) is 5.56 Å². The molecule has 1 aromatic carbocycles. The minimum Gasteiger partial charge on any atom is -0.377 e. The SMILES string of the molecule is CC.CC.CCOCc1cccc(F)c1. The number of halogens is 1. The maximum Gasteiger partial charge on any atom is 0.123 e. The monoisotopic (exact) mass is 214 g/mol. The summed E-state index contributed by atoms with van der Waals surface area (Å²) in [4.78, 5) is 0. The van der Waals surface area contributed by atoms with E-state index in [4.69, 9.17) is 4.74 Å². The van der Waals surface area contributed by atoms with Crippen LogP contribution in [0.1, 0.15) is 40.2 Å². The first-order valence-corrected chi connectivity index (χ1v) is 5.65. The molecule has 88 valence electrons. The van der Waals surface area contributed by atoms with Gasteiger partial charge in [-0.15, -0.1) is 0 Å². The van der Waals surface area contributed by atoms with Crippen LogP contribution in [0.5, 0.6) is 0 Å². The highest BCUT2D eigenvalue weighted by atomic mass is 19.1. The summed E-state index contributed by atoms with van der Waals surface area (Å²) < 4.78 is 17.6. The Bertz CT molecular complexity index is 224. The van der Waals surface area contributed by atoms with E-state index in [2.05, 4.69) is 0 Å². The Morgan fingerprint density at radius 2 is 1.73 bits per heavy atom. The van der Waals surface area contributed by atoms with Crippen LogP contribution >= 0.6 is 0 Å². The molecule has 1 aromatic rings. The van der Waals surface area contributed by atoms with Gasteiger partial charge in [0.15, 0.2) is 0 Å². The zero-order chi connectivity index (χ0) is 12.1. The van der Waals surface area contributed by atoms with E-state index >= 15 is 0 Å². The fourth-order valence-electron chi connectivity index (χ4n) is 0.847. The Labute approximate surface area is 93.3 Å². The molecule has 0 bridgehead atoms. The molecule has 0 atom stereocenters. The lowest BCUT2D eigenvalue weighted by Gasteiger charge is -2.00. The first-order valence-electron chi connectivity index (χ1n) is 5.65. The number of rotatable bonds is 3. The van der Waals surface area contributed by atoms with E-state index in [1.54, 1.807) is 6.07 Å². The smallest absolute Gasteiger partial charge is 0.123 e. The van der Waals surface area contributed by atoms with Crippen molar-refractivity contribution in [1.29, 1.82) is 0 Å². The standard InChI is InChI=1S/C9H11FO.2C2H6/c1-2-11-7-8-4-3-5-9(10)6-8;2*1-2/h3-6H,2,7H2,1H3;2*1-2H3. The van der Waals surface area contributed by atoms with Crippen LogP contribution in [0.15, 0.2) is 24.3 Å². The van der Waals surface area contributed by atoms with Gasteiger partial charge in [0.2, 0.25) is 0 Å². The topological polar surface area (TPSA) is 9.23 Å². The molecule has 2 heteroatoms. The van der Waals surface area contributed by atoms with Gasteiger partial charge in [-0.05, 0) is 24.6 Å². The van der Waals surface area contributed by atoms with Crippen molar-refractivity contribution in [3.8, 4) is 0 Å². The van der Waals surface area contributed by atoms with Gasteiger partial charge in [0, 0.05) is 6.61 Å². The lowest BCUT2D eigenvalue weighted by molar-refractivity contribution is 0.134. The molecular weight excluding hydrogens is 191 g/mol. The second-order valence-electron chi connectivity index (χ2n) is 2.27. The summed E-state index contributed by atoms with van der Waals surface area (Å²) in [7, 11) is 0. The number of hydrogen-bond donors (Lipinski definition) is 0. The summed E-state index contributed by atoms with van der Waals surface area (Å²) in [6.07, 6.45) is 0. The molecule has 0 saturated carbocycles. The largest absolute Gasteiger partial charge is 0.377 e. The molecule has 0 radical (unpaired) electrons. The second kappa shape index (κ2) is 13.1. The molecule has 1 rings (SSSR count). The average molecular weight is 214 g/mol. The summed E-state index contributed by atoms with van der Waals surface area (Å²) >= 11 is 0. The molecule has 0 aromatic heterocycles. The van der Waals surface area contributed by atoms with Crippen molar-refractivity contribution in [3.63, 3.8) is 0 Å². The summed E-state index contributed by atoms with van der Waals surface area (Å²) in [6, 6.07) is 6.44. The molecule has 0 aliphatic rings. The van der Waals surface area contributed by atoms with Crippen molar-refractivity contribution < 1.29 is 9.13 Å².